The van der Waals surface area contributed by atoms with Gasteiger partial charge in [-0.3, -0.25) is 14.4 Å². The monoisotopic (exact) mass is 642 g/mol. The molecule has 47 heavy (non-hydrogen) atoms. The standard InChI is InChI=1S/C36H42N4O7/c1-21(41)40-29-11-8-22-17-32(45-3)35(46-4)36(47-5)34(22)25-10-13-30(31(42)19-27(25)29)37-15-6-7-33(43)38-16-14-23-20-39-28-12-9-24(44-2)18-26(23)28/h9-10,12-13,17-20,29,39H,6-8,11,14-16H2,1-5H3,(H,37,42)(H,38,43)(H,40,41)/t29-/m0/s1. The van der Waals surface area contributed by atoms with Gasteiger partial charge in [0.25, 0.3) is 0 Å². The third-order valence-corrected chi connectivity index (χ3v) is 8.50. The lowest BCUT2D eigenvalue weighted by atomic mass is 9.95. The normalized spacial score (nSPS) is 13.5. The molecule has 3 aromatic carbocycles. The summed E-state index contributed by atoms with van der Waals surface area (Å²) >= 11 is 0. The zero-order valence-electron chi connectivity index (χ0n) is 27.5. The van der Waals surface area contributed by atoms with E-state index in [2.05, 4.69) is 20.9 Å². The van der Waals surface area contributed by atoms with Gasteiger partial charge in [0, 0.05) is 49.1 Å². The molecule has 0 radical (unpaired) electrons. The van der Waals surface area contributed by atoms with Gasteiger partial charge in [-0.15, -0.1) is 0 Å². The molecule has 1 aliphatic carbocycles. The molecule has 248 valence electrons. The lowest BCUT2D eigenvalue weighted by Gasteiger charge is -2.19. The highest BCUT2D eigenvalue weighted by Crippen LogP contribution is 2.50. The predicted molar refractivity (Wildman–Crippen MR) is 182 cm³/mol. The van der Waals surface area contributed by atoms with Crippen LogP contribution in [0.4, 0.5) is 5.69 Å². The van der Waals surface area contributed by atoms with Crippen LogP contribution in [-0.4, -0.2) is 58.3 Å². The van der Waals surface area contributed by atoms with Crippen molar-refractivity contribution >= 4 is 28.4 Å². The molecule has 0 spiro atoms. The van der Waals surface area contributed by atoms with Crippen molar-refractivity contribution in [2.45, 2.75) is 45.1 Å². The van der Waals surface area contributed by atoms with E-state index in [4.69, 9.17) is 18.9 Å². The highest BCUT2D eigenvalue weighted by molar-refractivity contribution is 5.85. The van der Waals surface area contributed by atoms with Crippen LogP contribution in [0.2, 0.25) is 0 Å². The van der Waals surface area contributed by atoms with Gasteiger partial charge in [-0.25, -0.2) is 0 Å². The van der Waals surface area contributed by atoms with Crippen molar-refractivity contribution in [1.82, 2.24) is 15.6 Å². The summed E-state index contributed by atoms with van der Waals surface area (Å²) in [6.07, 6.45) is 4.70. The molecule has 0 bridgehead atoms. The van der Waals surface area contributed by atoms with Crippen molar-refractivity contribution < 1.29 is 28.5 Å². The zero-order chi connectivity index (χ0) is 33.5. The first-order chi connectivity index (χ1) is 22.8. The number of nitrogens with one attached hydrogen (secondary N) is 4. The van der Waals surface area contributed by atoms with Crippen LogP contribution in [0.5, 0.6) is 23.0 Å². The number of aryl methyl sites for hydroxylation is 1. The molecule has 0 aliphatic heterocycles. The predicted octanol–water partition coefficient (Wildman–Crippen LogP) is 4.90. The summed E-state index contributed by atoms with van der Waals surface area (Å²) in [5.41, 5.74) is 5.51. The number of H-pyrrole nitrogens is 1. The summed E-state index contributed by atoms with van der Waals surface area (Å²) in [6.45, 7) is 2.41. The molecule has 0 saturated carbocycles. The molecular formula is C36H42N4O7. The van der Waals surface area contributed by atoms with Gasteiger partial charge in [-0.1, -0.05) is 6.07 Å². The summed E-state index contributed by atoms with van der Waals surface area (Å²) in [6, 6.07) is 12.6. The first-order valence-electron chi connectivity index (χ1n) is 15.7. The summed E-state index contributed by atoms with van der Waals surface area (Å²) in [5.74, 6) is 2.03. The lowest BCUT2D eigenvalue weighted by molar-refractivity contribution is -0.121. The summed E-state index contributed by atoms with van der Waals surface area (Å²) in [7, 11) is 6.33. The Kier molecular flexibility index (Phi) is 10.5. The number of benzene rings is 2. The van der Waals surface area contributed by atoms with Crippen LogP contribution >= 0.6 is 0 Å². The first kappa shape index (κ1) is 33.2. The Labute approximate surface area is 274 Å². The number of amides is 2. The van der Waals surface area contributed by atoms with Gasteiger partial charge in [0.15, 0.2) is 11.5 Å². The van der Waals surface area contributed by atoms with E-state index in [1.807, 2.05) is 36.5 Å². The summed E-state index contributed by atoms with van der Waals surface area (Å²) in [5, 5.41) is 10.3. The van der Waals surface area contributed by atoms with Gasteiger partial charge in [-0.05, 0) is 84.3 Å². The van der Waals surface area contributed by atoms with E-state index < -0.39 is 0 Å². The summed E-state index contributed by atoms with van der Waals surface area (Å²) in [4.78, 5) is 41.5. The Balaban J connectivity index is 1.28. The van der Waals surface area contributed by atoms with Crippen LogP contribution in [-0.2, 0) is 22.4 Å². The molecule has 2 amide bonds. The molecule has 4 aromatic rings. The molecular weight excluding hydrogens is 600 g/mol. The van der Waals surface area contributed by atoms with Crippen LogP contribution in [0.15, 0.2) is 53.5 Å². The Morgan fingerprint density at radius 2 is 1.74 bits per heavy atom. The zero-order valence-corrected chi connectivity index (χ0v) is 27.5. The quantitative estimate of drug-likeness (QED) is 0.151. The van der Waals surface area contributed by atoms with E-state index in [0.717, 1.165) is 38.9 Å². The van der Waals surface area contributed by atoms with Gasteiger partial charge in [0.2, 0.25) is 23.0 Å². The molecule has 1 aromatic heterocycles. The fraction of sp³-hybridized carbons (Fsp3) is 0.361. The third kappa shape index (κ3) is 7.29. The Bertz CT molecular complexity index is 1830. The van der Waals surface area contributed by atoms with Gasteiger partial charge < -0.3 is 39.9 Å². The highest BCUT2D eigenvalue weighted by atomic mass is 16.5. The van der Waals surface area contributed by atoms with Crippen LogP contribution in [0.25, 0.3) is 22.0 Å². The van der Waals surface area contributed by atoms with E-state index in [1.54, 1.807) is 40.6 Å². The van der Waals surface area contributed by atoms with E-state index in [0.29, 0.717) is 73.7 Å². The fourth-order valence-electron chi connectivity index (χ4n) is 6.24. The topological polar surface area (TPSA) is 140 Å². The number of anilines is 1. The SMILES string of the molecule is COc1ccc2[nH]cc(CCNC(=O)CCCNc3ccc4c(cc3=O)[C@@H](NC(C)=O)CCc3cc(OC)c(OC)c(OC)c3-4)c2c1. The number of fused-ring (bicyclic) bond motifs is 4. The van der Waals surface area contributed by atoms with E-state index >= 15 is 0 Å². The minimum Gasteiger partial charge on any atom is -0.497 e. The minimum absolute atomic E-state index is 0.0527. The number of methoxy groups -OCH3 is 4. The van der Waals surface area contributed by atoms with Gasteiger partial charge in [-0.2, -0.15) is 0 Å². The maximum absolute atomic E-state index is 13.5. The minimum atomic E-state index is -0.389. The maximum Gasteiger partial charge on any atom is 0.220 e. The molecule has 11 heteroatoms. The highest BCUT2D eigenvalue weighted by Gasteiger charge is 2.29. The van der Waals surface area contributed by atoms with E-state index in [-0.39, 0.29) is 23.3 Å². The average Bonchev–Trinajstić information content (AvgIpc) is 3.32. The largest absolute Gasteiger partial charge is 0.497 e. The first-order valence-corrected chi connectivity index (χ1v) is 15.7. The lowest BCUT2D eigenvalue weighted by Crippen LogP contribution is -2.26. The second kappa shape index (κ2) is 14.9. The van der Waals surface area contributed by atoms with Crippen LogP contribution in [0.3, 0.4) is 0 Å². The maximum atomic E-state index is 13.5. The Morgan fingerprint density at radius 1 is 0.936 bits per heavy atom. The number of ether oxygens (including phenoxy) is 4. The van der Waals surface area contributed by atoms with Gasteiger partial charge in [0.1, 0.15) is 5.75 Å². The molecule has 1 heterocycles. The van der Waals surface area contributed by atoms with Crippen molar-refractivity contribution in [2.24, 2.45) is 0 Å². The molecule has 1 atom stereocenters. The molecule has 0 saturated heterocycles. The van der Waals surface area contributed by atoms with Crippen molar-refractivity contribution in [2.75, 3.05) is 46.8 Å². The van der Waals surface area contributed by atoms with Crippen molar-refractivity contribution in [3.05, 3.63) is 75.6 Å². The van der Waals surface area contributed by atoms with E-state index in [1.165, 1.54) is 6.92 Å². The number of aromatic amines is 1. The number of carbonyl (C=O) groups is 2. The smallest absolute Gasteiger partial charge is 0.220 e. The number of aromatic nitrogens is 1. The third-order valence-electron chi connectivity index (χ3n) is 8.50. The van der Waals surface area contributed by atoms with Gasteiger partial charge >= 0.3 is 0 Å². The van der Waals surface area contributed by atoms with Crippen LogP contribution < -0.4 is 40.3 Å². The molecule has 0 unspecified atom stereocenters. The Hall–Kier alpha value is -5.19. The van der Waals surface area contributed by atoms with Crippen molar-refractivity contribution in [3.8, 4) is 34.1 Å². The summed E-state index contributed by atoms with van der Waals surface area (Å²) < 4.78 is 22.4. The van der Waals surface area contributed by atoms with Gasteiger partial charge in [0.05, 0.1) is 40.2 Å². The molecule has 4 N–H and O–H groups in total. The van der Waals surface area contributed by atoms with Crippen molar-refractivity contribution in [1.29, 1.82) is 0 Å². The number of hydrogen-bond donors (Lipinski definition) is 4. The van der Waals surface area contributed by atoms with Crippen LogP contribution in [0, 0.1) is 0 Å². The second-order valence-electron chi connectivity index (χ2n) is 11.5. The number of carbonyl (C=O) groups excluding carboxylic acids is 2. The molecule has 11 nitrogen and oxygen atoms in total. The Morgan fingerprint density at radius 3 is 2.47 bits per heavy atom. The molecule has 1 aliphatic rings. The average molecular weight is 643 g/mol. The number of hydrogen-bond acceptors (Lipinski definition) is 8. The molecule has 0 fully saturated rings. The number of rotatable bonds is 13. The second-order valence-corrected chi connectivity index (χ2v) is 11.5. The van der Waals surface area contributed by atoms with Crippen LogP contribution in [0.1, 0.15) is 48.9 Å². The fourth-order valence-corrected chi connectivity index (χ4v) is 6.24. The van der Waals surface area contributed by atoms with Crippen molar-refractivity contribution in [3.63, 3.8) is 0 Å². The molecule has 5 rings (SSSR count). The van der Waals surface area contributed by atoms with E-state index in [9.17, 15) is 14.4 Å².